The number of hydrogen-bond donors (Lipinski definition) is 4. The first kappa shape index (κ1) is 24.1. The van der Waals surface area contributed by atoms with Crippen LogP contribution in [0.4, 0.5) is 0 Å². The second kappa shape index (κ2) is 11.9. The van der Waals surface area contributed by atoms with Crippen LogP contribution >= 0.6 is 0 Å². The molecule has 0 aliphatic carbocycles. The van der Waals surface area contributed by atoms with Crippen LogP contribution in [0.15, 0.2) is 60.7 Å². The van der Waals surface area contributed by atoms with Crippen LogP contribution in [0.2, 0.25) is 0 Å². The number of rotatable bonds is 12. The van der Waals surface area contributed by atoms with Gasteiger partial charge in [-0.3, -0.25) is 14.9 Å². The summed E-state index contributed by atoms with van der Waals surface area (Å²) in [5, 5.41) is 24.8. The van der Waals surface area contributed by atoms with Crippen molar-refractivity contribution in [3.05, 3.63) is 71.8 Å². The van der Waals surface area contributed by atoms with Crippen LogP contribution in [-0.4, -0.2) is 46.2 Å². The minimum atomic E-state index is -1.14. The lowest BCUT2D eigenvalue weighted by molar-refractivity contribution is -0.143. The van der Waals surface area contributed by atoms with E-state index >= 15 is 0 Å². The van der Waals surface area contributed by atoms with Crippen LogP contribution in [0.5, 0.6) is 0 Å². The fourth-order valence-corrected chi connectivity index (χ4v) is 3.35. The monoisotopic (exact) mass is 426 g/mol. The highest BCUT2D eigenvalue weighted by Gasteiger charge is 2.30. The molecular formula is C24H30N2O5. The summed E-state index contributed by atoms with van der Waals surface area (Å²) in [4.78, 5) is 36.5. The van der Waals surface area contributed by atoms with Crippen LogP contribution < -0.4 is 10.6 Å². The number of carboxylic acid groups (broad SMARTS) is 2. The molecule has 0 aliphatic heterocycles. The van der Waals surface area contributed by atoms with Crippen LogP contribution in [0.1, 0.15) is 31.4 Å². The Bertz CT molecular complexity index is 855. The van der Waals surface area contributed by atoms with Crippen molar-refractivity contribution in [3.8, 4) is 0 Å². The van der Waals surface area contributed by atoms with Gasteiger partial charge in [-0.1, -0.05) is 74.5 Å². The number of benzene rings is 2. The van der Waals surface area contributed by atoms with Gasteiger partial charge in [-0.2, -0.15) is 0 Å². The minimum absolute atomic E-state index is 0.104. The molecule has 0 spiro atoms. The van der Waals surface area contributed by atoms with Crippen molar-refractivity contribution >= 4 is 17.8 Å². The molecule has 166 valence electrons. The SMILES string of the molecule is CC(C)C[C@H](N[C@@H](Cc1ccccc1)C(=O)O)C(=O)N[C@@H](Cc1ccccc1)C(=O)O. The molecule has 0 fully saturated rings. The Morgan fingerprint density at radius 2 is 1.19 bits per heavy atom. The highest BCUT2D eigenvalue weighted by atomic mass is 16.4. The molecule has 2 aromatic carbocycles. The molecule has 0 radical (unpaired) electrons. The maximum Gasteiger partial charge on any atom is 0.326 e. The van der Waals surface area contributed by atoms with Gasteiger partial charge in [-0.15, -0.1) is 0 Å². The van der Waals surface area contributed by atoms with Gasteiger partial charge in [-0.25, -0.2) is 4.79 Å². The molecule has 7 nitrogen and oxygen atoms in total. The number of amides is 1. The molecule has 2 rings (SSSR count). The largest absolute Gasteiger partial charge is 0.480 e. The number of carbonyl (C=O) groups excluding carboxylic acids is 1. The Balaban J connectivity index is 2.13. The minimum Gasteiger partial charge on any atom is -0.480 e. The zero-order valence-corrected chi connectivity index (χ0v) is 17.8. The molecule has 7 heteroatoms. The van der Waals surface area contributed by atoms with E-state index in [9.17, 15) is 24.6 Å². The highest BCUT2D eigenvalue weighted by molar-refractivity contribution is 5.87. The molecule has 3 atom stereocenters. The summed E-state index contributed by atoms with van der Waals surface area (Å²) in [5.74, 6) is -2.62. The lowest BCUT2D eigenvalue weighted by atomic mass is 9.99. The molecule has 0 saturated heterocycles. The summed E-state index contributed by atoms with van der Waals surface area (Å²) in [5.41, 5.74) is 1.62. The smallest absolute Gasteiger partial charge is 0.326 e. The Labute approximate surface area is 182 Å². The fraction of sp³-hybridized carbons (Fsp3) is 0.375. The molecule has 0 aromatic heterocycles. The van der Waals surface area contributed by atoms with Crippen molar-refractivity contribution < 1.29 is 24.6 Å². The molecular weight excluding hydrogens is 396 g/mol. The van der Waals surface area contributed by atoms with Gasteiger partial charge in [0.1, 0.15) is 12.1 Å². The fourth-order valence-electron chi connectivity index (χ4n) is 3.35. The molecule has 0 unspecified atom stereocenters. The molecule has 31 heavy (non-hydrogen) atoms. The van der Waals surface area contributed by atoms with E-state index in [4.69, 9.17) is 0 Å². The zero-order valence-electron chi connectivity index (χ0n) is 17.8. The Kier molecular flexibility index (Phi) is 9.21. The Hall–Kier alpha value is -3.19. The average Bonchev–Trinajstić information content (AvgIpc) is 2.73. The number of aliphatic carboxylic acids is 2. The van der Waals surface area contributed by atoms with Gasteiger partial charge in [0.25, 0.3) is 0 Å². The van der Waals surface area contributed by atoms with E-state index in [-0.39, 0.29) is 18.8 Å². The van der Waals surface area contributed by atoms with Gasteiger partial charge in [0.15, 0.2) is 0 Å². The third kappa shape index (κ3) is 8.22. The van der Waals surface area contributed by atoms with Gasteiger partial charge in [0.2, 0.25) is 5.91 Å². The van der Waals surface area contributed by atoms with E-state index in [1.54, 1.807) is 24.3 Å². The molecule has 0 bridgehead atoms. The number of nitrogens with one attached hydrogen (secondary N) is 2. The van der Waals surface area contributed by atoms with Crippen LogP contribution in [0.25, 0.3) is 0 Å². The molecule has 1 amide bonds. The van der Waals surface area contributed by atoms with Crippen molar-refractivity contribution in [3.63, 3.8) is 0 Å². The second-order valence-electron chi connectivity index (χ2n) is 8.02. The first-order chi connectivity index (χ1) is 14.8. The predicted octanol–water partition coefficient (Wildman–Crippen LogP) is 2.50. The maximum absolute atomic E-state index is 13.0. The number of hydrogen-bond acceptors (Lipinski definition) is 4. The van der Waals surface area contributed by atoms with Gasteiger partial charge < -0.3 is 15.5 Å². The summed E-state index contributed by atoms with van der Waals surface area (Å²) in [6.07, 6.45) is 0.731. The summed E-state index contributed by atoms with van der Waals surface area (Å²) in [6, 6.07) is 15.3. The van der Waals surface area contributed by atoms with Crippen LogP contribution in [-0.2, 0) is 27.2 Å². The molecule has 2 aromatic rings. The van der Waals surface area contributed by atoms with Crippen LogP contribution in [0.3, 0.4) is 0 Å². The molecule has 0 heterocycles. The highest BCUT2D eigenvalue weighted by Crippen LogP contribution is 2.11. The molecule has 0 aliphatic rings. The van der Waals surface area contributed by atoms with Gasteiger partial charge in [0.05, 0.1) is 6.04 Å². The topological polar surface area (TPSA) is 116 Å². The summed E-state index contributed by atoms with van der Waals surface area (Å²) >= 11 is 0. The third-order valence-corrected chi connectivity index (χ3v) is 4.90. The van der Waals surface area contributed by atoms with Crippen molar-refractivity contribution in [2.45, 2.75) is 51.2 Å². The Morgan fingerprint density at radius 1 is 0.742 bits per heavy atom. The Morgan fingerprint density at radius 3 is 1.61 bits per heavy atom. The normalized spacial score (nSPS) is 13.9. The van der Waals surface area contributed by atoms with Crippen molar-refractivity contribution in [1.82, 2.24) is 10.6 Å². The van der Waals surface area contributed by atoms with E-state index in [0.29, 0.717) is 6.42 Å². The van der Waals surface area contributed by atoms with E-state index in [1.807, 2.05) is 50.2 Å². The maximum atomic E-state index is 13.0. The molecule has 4 N–H and O–H groups in total. The average molecular weight is 427 g/mol. The van der Waals surface area contributed by atoms with Crippen molar-refractivity contribution in [1.29, 1.82) is 0 Å². The van der Waals surface area contributed by atoms with Gasteiger partial charge >= 0.3 is 11.9 Å². The second-order valence-corrected chi connectivity index (χ2v) is 8.02. The van der Waals surface area contributed by atoms with E-state index < -0.39 is 36.0 Å². The number of carbonyl (C=O) groups is 3. The van der Waals surface area contributed by atoms with Crippen molar-refractivity contribution in [2.75, 3.05) is 0 Å². The number of carboxylic acids is 2. The lowest BCUT2D eigenvalue weighted by Gasteiger charge is -2.26. The molecule has 0 saturated carbocycles. The predicted molar refractivity (Wildman–Crippen MR) is 118 cm³/mol. The third-order valence-electron chi connectivity index (χ3n) is 4.90. The first-order valence-corrected chi connectivity index (χ1v) is 10.4. The van der Waals surface area contributed by atoms with E-state index in [1.165, 1.54) is 0 Å². The lowest BCUT2D eigenvalue weighted by Crippen LogP contribution is -2.55. The van der Waals surface area contributed by atoms with Crippen LogP contribution in [0, 0.1) is 5.92 Å². The van der Waals surface area contributed by atoms with Gasteiger partial charge in [-0.05, 0) is 29.9 Å². The standard InChI is InChI=1S/C24H30N2O5/c1-16(2)13-19(25-20(23(28)29)14-17-9-5-3-6-10-17)22(27)26-21(24(30)31)15-18-11-7-4-8-12-18/h3-12,16,19-21,25H,13-15H2,1-2H3,(H,26,27)(H,28,29)(H,30,31)/t19-,20-,21-/m0/s1. The van der Waals surface area contributed by atoms with E-state index in [0.717, 1.165) is 11.1 Å². The summed E-state index contributed by atoms with van der Waals surface area (Å²) in [6.45, 7) is 3.85. The zero-order chi connectivity index (χ0) is 22.8. The first-order valence-electron chi connectivity index (χ1n) is 10.4. The van der Waals surface area contributed by atoms with Crippen molar-refractivity contribution in [2.24, 2.45) is 5.92 Å². The summed E-state index contributed by atoms with van der Waals surface area (Å²) < 4.78 is 0. The van der Waals surface area contributed by atoms with Gasteiger partial charge in [0, 0.05) is 6.42 Å². The summed E-state index contributed by atoms with van der Waals surface area (Å²) in [7, 11) is 0. The van der Waals surface area contributed by atoms with E-state index in [2.05, 4.69) is 10.6 Å². The quantitative estimate of drug-likeness (QED) is 0.414.